The van der Waals surface area contributed by atoms with Crippen LogP contribution in [0.15, 0.2) is 50.8 Å². The minimum atomic E-state index is -0.995. The van der Waals surface area contributed by atoms with Crippen molar-refractivity contribution >= 4 is 39.6 Å². The molecule has 0 atom stereocenters. The lowest BCUT2D eigenvalue weighted by molar-refractivity contribution is 0.0693. The Balaban J connectivity index is 2.36. The van der Waals surface area contributed by atoms with Gasteiger partial charge in [-0.05, 0) is 30.3 Å². The molecule has 21 heavy (non-hydrogen) atoms. The number of rotatable bonds is 4. The zero-order valence-corrected chi connectivity index (χ0v) is 13.4. The third-order valence-corrected chi connectivity index (χ3v) is 4.13. The first kappa shape index (κ1) is 15.5. The van der Waals surface area contributed by atoms with Gasteiger partial charge < -0.3 is 10.4 Å². The van der Waals surface area contributed by atoms with Gasteiger partial charge in [-0.25, -0.2) is 4.79 Å². The van der Waals surface area contributed by atoms with E-state index in [0.717, 1.165) is 9.37 Å². The summed E-state index contributed by atoms with van der Waals surface area (Å²) in [5.74, 6) is -1.28. The van der Waals surface area contributed by atoms with Crippen LogP contribution in [-0.4, -0.2) is 29.0 Å². The third-order valence-electron chi connectivity index (χ3n) is 2.59. The molecule has 0 radical (unpaired) electrons. The molecular weight excluding hydrogens is 356 g/mol. The number of aromatic carboxylic acids is 1. The molecule has 0 unspecified atom stereocenters. The molecule has 2 aromatic rings. The fourth-order valence-corrected chi connectivity index (χ4v) is 3.13. The number of carboxylic acids is 1. The minimum absolute atomic E-state index is 0.210. The van der Waals surface area contributed by atoms with Crippen LogP contribution in [0.5, 0.6) is 0 Å². The molecule has 0 aliphatic rings. The van der Waals surface area contributed by atoms with Gasteiger partial charge in [0, 0.05) is 27.5 Å². The summed E-state index contributed by atoms with van der Waals surface area (Å²) in [7, 11) is 1.53. The molecule has 5 nitrogen and oxygen atoms in total. The van der Waals surface area contributed by atoms with Crippen molar-refractivity contribution in [2.24, 2.45) is 0 Å². The molecule has 0 aliphatic carbocycles. The van der Waals surface area contributed by atoms with Crippen LogP contribution in [0.2, 0.25) is 0 Å². The molecule has 2 N–H and O–H groups in total. The van der Waals surface area contributed by atoms with Crippen molar-refractivity contribution in [2.75, 3.05) is 7.05 Å². The maximum atomic E-state index is 11.6. The minimum Gasteiger partial charge on any atom is -0.478 e. The Kier molecular flexibility index (Phi) is 4.98. The monoisotopic (exact) mass is 366 g/mol. The van der Waals surface area contributed by atoms with Gasteiger partial charge in [0.2, 0.25) is 0 Å². The first-order chi connectivity index (χ1) is 10.0. The predicted molar refractivity (Wildman–Crippen MR) is 82.9 cm³/mol. The van der Waals surface area contributed by atoms with Crippen LogP contribution in [-0.2, 0) is 0 Å². The van der Waals surface area contributed by atoms with Crippen molar-refractivity contribution in [3.63, 3.8) is 0 Å². The maximum Gasteiger partial charge on any atom is 0.336 e. The Morgan fingerprint density at radius 1 is 1.29 bits per heavy atom. The van der Waals surface area contributed by atoms with Gasteiger partial charge in [0.15, 0.2) is 0 Å². The quantitative estimate of drug-likeness (QED) is 0.869. The van der Waals surface area contributed by atoms with Crippen molar-refractivity contribution in [3.05, 3.63) is 52.3 Å². The summed E-state index contributed by atoms with van der Waals surface area (Å²) in [6, 6.07) is 8.29. The topological polar surface area (TPSA) is 79.3 Å². The molecule has 1 heterocycles. The molecule has 1 aromatic carbocycles. The van der Waals surface area contributed by atoms with Crippen molar-refractivity contribution in [1.82, 2.24) is 10.3 Å². The third kappa shape index (κ3) is 3.83. The van der Waals surface area contributed by atoms with Crippen molar-refractivity contribution in [1.29, 1.82) is 0 Å². The second-order valence-electron chi connectivity index (χ2n) is 4.00. The SMILES string of the molecule is CNC(=O)c1cc(Sc2cc(Br)ccc2C(=O)O)ccn1. The van der Waals surface area contributed by atoms with Crippen molar-refractivity contribution < 1.29 is 14.7 Å². The van der Waals surface area contributed by atoms with Gasteiger partial charge in [-0.1, -0.05) is 27.7 Å². The number of carboxylic acid groups (broad SMARTS) is 1. The van der Waals surface area contributed by atoms with Gasteiger partial charge in [-0.15, -0.1) is 0 Å². The summed E-state index contributed by atoms with van der Waals surface area (Å²) >= 11 is 4.59. The number of pyridine rings is 1. The second-order valence-corrected chi connectivity index (χ2v) is 6.03. The van der Waals surface area contributed by atoms with E-state index in [1.165, 1.54) is 31.1 Å². The fraction of sp³-hybridized carbons (Fsp3) is 0.0714. The second kappa shape index (κ2) is 6.73. The maximum absolute atomic E-state index is 11.6. The Hall–Kier alpha value is -1.86. The molecule has 1 amide bonds. The molecule has 0 saturated carbocycles. The summed E-state index contributed by atoms with van der Waals surface area (Å²) in [5.41, 5.74) is 0.496. The number of benzene rings is 1. The predicted octanol–water partition coefficient (Wildman–Crippen LogP) is 3.05. The van der Waals surface area contributed by atoms with E-state index in [1.807, 2.05) is 0 Å². The highest BCUT2D eigenvalue weighted by molar-refractivity contribution is 9.10. The van der Waals surface area contributed by atoms with Gasteiger partial charge in [0.25, 0.3) is 5.91 Å². The van der Waals surface area contributed by atoms with Crippen molar-refractivity contribution in [2.45, 2.75) is 9.79 Å². The molecular formula is C14H11BrN2O3S. The fourth-order valence-electron chi connectivity index (χ4n) is 1.61. The van der Waals surface area contributed by atoms with E-state index in [1.54, 1.807) is 24.3 Å². The number of carbonyl (C=O) groups is 2. The Labute approximate surface area is 133 Å². The van der Waals surface area contributed by atoms with E-state index in [9.17, 15) is 14.7 Å². The van der Waals surface area contributed by atoms with E-state index >= 15 is 0 Å². The highest BCUT2D eigenvalue weighted by atomic mass is 79.9. The number of aromatic nitrogens is 1. The van der Waals surface area contributed by atoms with E-state index < -0.39 is 5.97 Å². The molecule has 1 aromatic heterocycles. The first-order valence-corrected chi connectivity index (χ1v) is 7.51. The average Bonchev–Trinajstić information content (AvgIpc) is 2.46. The van der Waals surface area contributed by atoms with Crippen LogP contribution in [0, 0.1) is 0 Å². The molecule has 2 rings (SSSR count). The Bertz CT molecular complexity index is 706. The molecule has 108 valence electrons. The summed E-state index contributed by atoms with van der Waals surface area (Å²) in [6.07, 6.45) is 1.52. The number of nitrogens with one attached hydrogen (secondary N) is 1. The summed E-state index contributed by atoms with van der Waals surface area (Å²) in [6.45, 7) is 0. The number of amides is 1. The smallest absolute Gasteiger partial charge is 0.336 e. The lowest BCUT2D eigenvalue weighted by atomic mass is 10.2. The molecule has 7 heteroatoms. The van der Waals surface area contributed by atoms with Crippen LogP contribution in [0.1, 0.15) is 20.8 Å². The lowest BCUT2D eigenvalue weighted by Gasteiger charge is -2.07. The largest absolute Gasteiger partial charge is 0.478 e. The zero-order valence-electron chi connectivity index (χ0n) is 11.0. The van der Waals surface area contributed by atoms with Crippen molar-refractivity contribution in [3.8, 4) is 0 Å². The summed E-state index contributed by atoms with van der Waals surface area (Å²) in [5, 5.41) is 11.7. The van der Waals surface area contributed by atoms with Gasteiger partial charge in [-0.2, -0.15) is 0 Å². The van der Waals surface area contributed by atoms with Gasteiger partial charge in [0.05, 0.1) is 5.56 Å². The molecule has 0 spiro atoms. The normalized spacial score (nSPS) is 10.2. The molecule has 0 fully saturated rings. The van der Waals surface area contributed by atoms with Crippen LogP contribution >= 0.6 is 27.7 Å². The van der Waals surface area contributed by atoms with Crippen LogP contribution in [0.25, 0.3) is 0 Å². The standard InChI is InChI=1S/C14H11BrN2O3S/c1-16-13(18)11-7-9(4-5-17-11)21-12-6-8(15)2-3-10(12)14(19)20/h2-7H,1H3,(H,16,18)(H,19,20). The number of halogens is 1. The van der Waals surface area contributed by atoms with Gasteiger partial charge in [-0.3, -0.25) is 9.78 Å². The lowest BCUT2D eigenvalue weighted by Crippen LogP contribution is -2.18. The first-order valence-electron chi connectivity index (χ1n) is 5.90. The summed E-state index contributed by atoms with van der Waals surface area (Å²) in [4.78, 5) is 28.1. The van der Waals surface area contributed by atoms with E-state index in [2.05, 4.69) is 26.2 Å². The van der Waals surface area contributed by atoms with Crippen LogP contribution < -0.4 is 5.32 Å². The van der Waals surface area contributed by atoms with Gasteiger partial charge in [0.1, 0.15) is 5.69 Å². The highest BCUT2D eigenvalue weighted by Crippen LogP contribution is 2.32. The van der Waals surface area contributed by atoms with E-state index in [4.69, 9.17) is 0 Å². The number of hydrogen-bond donors (Lipinski definition) is 2. The van der Waals surface area contributed by atoms with Crippen LogP contribution in [0.3, 0.4) is 0 Å². The van der Waals surface area contributed by atoms with E-state index in [-0.39, 0.29) is 17.2 Å². The Morgan fingerprint density at radius 3 is 2.71 bits per heavy atom. The number of hydrogen-bond acceptors (Lipinski definition) is 4. The number of nitrogens with zero attached hydrogens (tertiary/aromatic N) is 1. The number of carbonyl (C=O) groups excluding carboxylic acids is 1. The zero-order chi connectivity index (χ0) is 15.4. The molecule has 0 bridgehead atoms. The molecule has 0 saturated heterocycles. The average molecular weight is 367 g/mol. The van der Waals surface area contributed by atoms with E-state index in [0.29, 0.717) is 4.90 Å². The summed E-state index contributed by atoms with van der Waals surface area (Å²) < 4.78 is 0.788. The Morgan fingerprint density at radius 2 is 2.05 bits per heavy atom. The molecule has 0 aliphatic heterocycles. The van der Waals surface area contributed by atoms with Crippen LogP contribution in [0.4, 0.5) is 0 Å². The van der Waals surface area contributed by atoms with Gasteiger partial charge >= 0.3 is 5.97 Å². The highest BCUT2D eigenvalue weighted by Gasteiger charge is 2.13.